The SMILES string of the molecule is CC(C)(O)c1ccccc1S(=O)(=O)C1COC1. The van der Waals surface area contributed by atoms with Gasteiger partial charge in [0.15, 0.2) is 9.84 Å². The number of hydrogen-bond acceptors (Lipinski definition) is 4. The van der Waals surface area contributed by atoms with Crippen LogP contribution in [0.25, 0.3) is 0 Å². The van der Waals surface area contributed by atoms with Crippen LogP contribution in [-0.2, 0) is 20.2 Å². The molecule has 0 aromatic heterocycles. The van der Waals surface area contributed by atoms with Crippen molar-refractivity contribution in [2.75, 3.05) is 13.2 Å². The van der Waals surface area contributed by atoms with E-state index in [2.05, 4.69) is 0 Å². The molecule has 0 radical (unpaired) electrons. The lowest BCUT2D eigenvalue weighted by Gasteiger charge is -2.28. The first-order valence-electron chi connectivity index (χ1n) is 5.47. The highest BCUT2D eigenvalue weighted by Crippen LogP contribution is 2.30. The number of benzene rings is 1. The third-order valence-electron chi connectivity index (χ3n) is 2.90. The van der Waals surface area contributed by atoms with E-state index in [0.717, 1.165) is 0 Å². The van der Waals surface area contributed by atoms with Gasteiger partial charge in [0.2, 0.25) is 0 Å². The first-order chi connectivity index (χ1) is 7.83. The maximum Gasteiger partial charge on any atom is 0.186 e. The lowest BCUT2D eigenvalue weighted by molar-refractivity contribution is 0.0411. The summed E-state index contributed by atoms with van der Waals surface area (Å²) >= 11 is 0. The molecule has 0 aliphatic carbocycles. The monoisotopic (exact) mass is 256 g/mol. The Bertz CT molecular complexity index is 510. The molecule has 1 saturated heterocycles. The summed E-state index contributed by atoms with van der Waals surface area (Å²) in [7, 11) is -3.40. The molecule has 1 fully saturated rings. The average Bonchev–Trinajstić information content (AvgIpc) is 2.13. The summed E-state index contributed by atoms with van der Waals surface area (Å²) in [5, 5.41) is 9.53. The van der Waals surface area contributed by atoms with Crippen molar-refractivity contribution in [3.05, 3.63) is 29.8 Å². The molecule has 0 amide bonds. The van der Waals surface area contributed by atoms with Crippen LogP contribution in [0, 0.1) is 0 Å². The second-order valence-electron chi connectivity index (χ2n) is 4.76. The van der Waals surface area contributed by atoms with Crippen molar-refractivity contribution < 1.29 is 18.3 Å². The van der Waals surface area contributed by atoms with Crippen molar-refractivity contribution in [2.45, 2.75) is 29.6 Å². The summed E-state index contributed by atoms with van der Waals surface area (Å²) in [5.74, 6) is 0. The molecule has 4 nitrogen and oxygen atoms in total. The van der Waals surface area contributed by atoms with Crippen LogP contribution in [-0.4, -0.2) is 32.0 Å². The Labute approximate surface area is 101 Å². The summed E-state index contributed by atoms with van der Waals surface area (Å²) in [5.41, 5.74) is -0.735. The van der Waals surface area contributed by atoms with E-state index in [1.165, 1.54) is 0 Å². The van der Waals surface area contributed by atoms with Crippen LogP contribution in [0.2, 0.25) is 0 Å². The van der Waals surface area contributed by atoms with Crippen molar-refractivity contribution in [3.63, 3.8) is 0 Å². The second-order valence-corrected chi connectivity index (χ2v) is 6.96. The van der Waals surface area contributed by atoms with Crippen LogP contribution in [0.1, 0.15) is 19.4 Å². The van der Waals surface area contributed by atoms with Crippen LogP contribution in [0.4, 0.5) is 0 Å². The summed E-state index contributed by atoms with van der Waals surface area (Å²) in [4.78, 5) is 0.209. The van der Waals surface area contributed by atoms with Crippen LogP contribution in [0.5, 0.6) is 0 Å². The quantitative estimate of drug-likeness (QED) is 0.879. The lowest BCUT2D eigenvalue weighted by Crippen LogP contribution is -2.41. The third-order valence-corrected chi connectivity index (χ3v) is 5.02. The van der Waals surface area contributed by atoms with Gasteiger partial charge in [-0.05, 0) is 19.9 Å². The standard InChI is InChI=1S/C12H16O4S/c1-12(2,13)10-5-3-4-6-11(10)17(14,15)9-7-16-8-9/h3-6,9,13H,7-8H2,1-2H3. The van der Waals surface area contributed by atoms with Gasteiger partial charge in [0.05, 0.1) is 23.7 Å². The zero-order valence-corrected chi connectivity index (χ0v) is 10.7. The molecule has 1 aliphatic rings. The highest BCUT2D eigenvalue weighted by atomic mass is 32.2. The van der Waals surface area contributed by atoms with Crippen LogP contribution in [0.15, 0.2) is 29.2 Å². The predicted molar refractivity (Wildman–Crippen MR) is 63.5 cm³/mol. The largest absolute Gasteiger partial charge is 0.386 e. The predicted octanol–water partition coefficient (Wildman–Crippen LogP) is 1.09. The summed E-state index contributed by atoms with van der Waals surface area (Å²) in [6, 6.07) is 6.58. The molecule has 0 spiro atoms. The van der Waals surface area contributed by atoms with Crippen molar-refractivity contribution in [3.8, 4) is 0 Å². The molecule has 0 atom stereocenters. The highest BCUT2D eigenvalue weighted by Gasteiger charge is 2.37. The molecule has 2 rings (SSSR count). The fourth-order valence-electron chi connectivity index (χ4n) is 1.79. The number of rotatable bonds is 3. The molecule has 0 bridgehead atoms. The molecule has 1 aromatic rings. The Morgan fingerprint density at radius 3 is 2.35 bits per heavy atom. The smallest absolute Gasteiger partial charge is 0.186 e. The van der Waals surface area contributed by atoms with E-state index in [4.69, 9.17) is 4.74 Å². The van der Waals surface area contributed by atoms with E-state index in [1.807, 2.05) is 0 Å². The number of hydrogen-bond donors (Lipinski definition) is 1. The van der Waals surface area contributed by atoms with Gasteiger partial charge in [-0.3, -0.25) is 0 Å². The van der Waals surface area contributed by atoms with Gasteiger partial charge in [-0.2, -0.15) is 0 Å². The number of aliphatic hydroxyl groups is 1. The molecule has 0 unspecified atom stereocenters. The van der Waals surface area contributed by atoms with Crippen molar-refractivity contribution in [1.29, 1.82) is 0 Å². The highest BCUT2D eigenvalue weighted by molar-refractivity contribution is 7.92. The molecule has 1 aliphatic heterocycles. The minimum atomic E-state index is -3.40. The Hall–Kier alpha value is -0.910. The second kappa shape index (κ2) is 4.08. The van der Waals surface area contributed by atoms with E-state index < -0.39 is 20.7 Å². The van der Waals surface area contributed by atoms with E-state index in [9.17, 15) is 13.5 Å². The Kier molecular flexibility index (Phi) is 3.01. The molecular weight excluding hydrogens is 240 g/mol. The molecule has 0 saturated carbocycles. The van der Waals surface area contributed by atoms with Gasteiger partial charge in [0.1, 0.15) is 5.25 Å². The van der Waals surface area contributed by atoms with E-state index >= 15 is 0 Å². The van der Waals surface area contributed by atoms with Gasteiger partial charge in [-0.25, -0.2) is 8.42 Å². The minimum absolute atomic E-state index is 0.209. The van der Waals surface area contributed by atoms with Crippen molar-refractivity contribution in [1.82, 2.24) is 0 Å². The molecule has 94 valence electrons. The van der Waals surface area contributed by atoms with E-state index in [1.54, 1.807) is 38.1 Å². The fourth-order valence-corrected chi connectivity index (χ4v) is 3.60. The van der Waals surface area contributed by atoms with Gasteiger partial charge in [-0.1, -0.05) is 18.2 Å². The maximum atomic E-state index is 12.3. The number of sulfone groups is 1. The number of ether oxygens (including phenoxy) is 1. The third kappa shape index (κ3) is 2.22. The van der Waals surface area contributed by atoms with Crippen LogP contribution < -0.4 is 0 Å². The van der Waals surface area contributed by atoms with Crippen LogP contribution in [0.3, 0.4) is 0 Å². The molecule has 1 aromatic carbocycles. The molecule has 17 heavy (non-hydrogen) atoms. The lowest BCUT2D eigenvalue weighted by atomic mass is 9.99. The zero-order valence-electron chi connectivity index (χ0n) is 9.88. The van der Waals surface area contributed by atoms with E-state index in [-0.39, 0.29) is 18.1 Å². The zero-order chi connectivity index (χ0) is 12.7. The van der Waals surface area contributed by atoms with Crippen molar-refractivity contribution >= 4 is 9.84 Å². The molecule has 1 heterocycles. The van der Waals surface area contributed by atoms with E-state index in [0.29, 0.717) is 5.56 Å². The minimum Gasteiger partial charge on any atom is -0.386 e. The molecule has 5 heteroatoms. The maximum absolute atomic E-state index is 12.3. The first kappa shape index (κ1) is 12.5. The normalized spacial score (nSPS) is 17.8. The van der Waals surface area contributed by atoms with Gasteiger partial charge in [0, 0.05) is 5.56 Å². The molecule has 1 N–H and O–H groups in total. The topological polar surface area (TPSA) is 63.6 Å². The fraction of sp³-hybridized carbons (Fsp3) is 0.500. The van der Waals surface area contributed by atoms with Gasteiger partial charge >= 0.3 is 0 Å². The summed E-state index contributed by atoms with van der Waals surface area (Å²) in [6.45, 7) is 3.64. The van der Waals surface area contributed by atoms with Gasteiger partial charge in [-0.15, -0.1) is 0 Å². The van der Waals surface area contributed by atoms with Gasteiger partial charge < -0.3 is 9.84 Å². The summed E-state index contributed by atoms with van der Waals surface area (Å²) in [6.07, 6.45) is 0. The Morgan fingerprint density at radius 1 is 1.29 bits per heavy atom. The first-order valence-corrected chi connectivity index (χ1v) is 7.01. The molecular formula is C12H16O4S. The van der Waals surface area contributed by atoms with Crippen LogP contribution >= 0.6 is 0 Å². The van der Waals surface area contributed by atoms with Gasteiger partial charge in [0.25, 0.3) is 0 Å². The Balaban J connectivity index is 2.52. The van der Waals surface area contributed by atoms with Crippen molar-refractivity contribution in [2.24, 2.45) is 0 Å². The summed E-state index contributed by atoms with van der Waals surface area (Å²) < 4.78 is 29.5. The average molecular weight is 256 g/mol. The Morgan fingerprint density at radius 2 is 1.88 bits per heavy atom.